The Kier molecular flexibility index (Phi) is 5.13. The average Bonchev–Trinajstić information content (AvgIpc) is 2.25. The Labute approximate surface area is 109 Å². The molecule has 0 aliphatic heterocycles. The summed E-state index contributed by atoms with van der Waals surface area (Å²) in [5.41, 5.74) is 1.59. The monoisotopic (exact) mass is 271 g/mol. The Hall–Kier alpha value is -1.11. The zero-order chi connectivity index (χ0) is 13.8. The number of benzene rings is 1. The first-order valence-corrected chi connectivity index (χ1v) is 7.39. The number of nitrogens with one attached hydrogen (secondary N) is 3. The standard InChI is InChI=1S/C12H21N3O2S/c1-9(2)14-18(16,17)15-12-7-5-6-11(8-12)10(3)13-4/h5-10,13-15H,1-4H3. The lowest BCUT2D eigenvalue weighted by molar-refractivity contribution is 0.575. The minimum atomic E-state index is -3.50. The van der Waals surface area contributed by atoms with Crippen molar-refractivity contribution in [2.75, 3.05) is 11.8 Å². The molecule has 3 N–H and O–H groups in total. The first kappa shape index (κ1) is 14.9. The van der Waals surface area contributed by atoms with Gasteiger partial charge in [-0.2, -0.15) is 13.1 Å². The lowest BCUT2D eigenvalue weighted by Crippen LogP contribution is -2.35. The number of hydrogen-bond donors (Lipinski definition) is 3. The van der Waals surface area contributed by atoms with E-state index in [4.69, 9.17) is 0 Å². The molecule has 0 radical (unpaired) electrons. The molecule has 102 valence electrons. The minimum absolute atomic E-state index is 0.137. The molecule has 1 rings (SSSR count). The van der Waals surface area contributed by atoms with Crippen molar-refractivity contribution >= 4 is 15.9 Å². The molecule has 0 heterocycles. The third-order valence-corrected chi connectivity index (χ3v) is 3.75. The molecule has 0 amide bonds. The maximum Gasteiger partial charge on any atom is 0.299 e. The van der Waals surface area contributed by atoms with E-state index in [0.29, 0.717) is 5.69 Å². The maximum atomic E-state index is 11.7. The lowest BCUT2D eigenvalue weighted by atomic mass is 10.1. The molecule has 1 aromatic rings. The van der Waals surface area contributed by atoms with E-state index in [2.05, 4.69) is 14.8 Å². The van der Waals surface area contributed by atoms with Crippen LogP contribution in [0.15, 0.2) is 24.3 Å². The van der Waals surface area contributed by atoms with Crippen molar-refractivity contribution in [3.05, 3.63) is 29.8 Å². The fourth-order valence-electron chi connectivity index (χ4n) is 1.53. The van der Waals surface area contributed by atoms with Gasteiger partial charge in [0.2, 0.25) is 0 Å². The van der Waals surface area contributed by atoms with Crippen LogP contribution in [0, 0.1) is 0 Å². The first-order chi connectivity index (χ1) is 8.34. The number of rotatable bonds is 6. The Bertz CT molecular complexity index is 486. The molecule has 0 fully saturated rings. The van der Waals surface area contributed by atoms with E-state index in [1.165, 1.54) is 0 Å². The molecule has 0 spiro atoms. The summed E-state index contributed by atoms with van der Waals surface area (Å²) in [6.45, 7) is 5.57. The van der Waals surface area contributed by atoms with Gasteiger partial charge in [0.05, 0.1) is 5.69 Å². The predicted molar refractivity (Wildman–Crippen MR) is 74.7 cm³/mol. The van der Waals surface area contributed by atoms with Gasteiger partial charge in [0, 0.05) is 12.1 Å². The van der Waals surface area contributed by atoms with E-state index in [1.807, 2.05) is 32.2 Å². The smallest absolute Gasteiger partial charge is 0.299 e. The van der Waals surface area contributed by atoms with Crippen LogP contribution in [0.2, 0.25) is 0 Å². The van der Waals surface area contributed by atoms with E-state index in [0.717, 1.165) is 5.56 Å². The Morgan fingerprint density at radius 3 is 2.39 bits per heavy atom. The van der Waals surface area contributed by atoms with Crippen LogP contribution in [0.4, 0.5) is 5.69 Å². The van der Waals surface area contributed by atoms with E-state index >= 15 is 0 Å². The van der Waals surface area contributed by atoms with Crippen molar-refractivity contribution in [2.24, 2.45) is 0 Å². The highest BCUT2D eigenvalue weighted by molar-refractivity contribution is 7.90. The van der Waals surface area contributed by atoms with Crippen LogP contribution in [-0.4, -0.2) is 21.5 Å². The van der Waals surface area contributed by atoms with Crippen LogP contribution in [0.1, 0.15) is 32.4 Å². The highest BCUT2D eigenvalue weighted by atomic mass is 32.2. The van der Waals surface area contributed by atoms with Crippen molar-refractivity contribution in [3.63, 3.8) is 0 Å². The fourth-order valence-corrected chi connectivity index (χ4v) is 2.65. The van der Waals surface area contributed by atoms with E-state index in [-0.39, 0.29) is 12.1 Å². The zero-order valence-electron chi connectivity index (χ0n) is 11.2. The summed E-state index contributed by atoms with van der Waals surface area (Å²) in [6.07, 6.45) is 0. The van der Waals surface area contributed by atoms with Crippen molar-refractivity contribution in [2.45, 2.75) is 32.9 Å². The highest BCUT2D eigenvalue weighted by Crippen LogP contribution is 2.17. The number of hydrogen-bond acceptors (Lipinski definition) is 3. The van der Waals surface area contributed by atoms with Gasteiger partial charge in [-0.3, -0.25) is 4.72 Å². The normalized spacial score (nSPS) is 13.6. The largest absolute Gasteiger partial charge is 0.313 e. The van der Waals surface area contributed by atoms with Crippen LogP contribution in [0.3, 0.4) is 0 Å². The summed E-state index contributed by atoms with van der Waals surface area (Å²) in [4.78, 5) is 0. The first-order valence-electron chi connectivity index (χ1n) is 5.91. The van der Waals surface area contributed by atoms with E-state index in [1.54, 1.807) is 19.9 Å². The molecular weight excluding hydrogens is 250 g/mol. The van der Waals surface area contributed by atoms with Gasteiger partial charge in [-0.15, -0.1) is 0 Å². The second-order valence-electron chi connectivity index (χ2n) is 4.51. The Morgan fingerprint density at radius 1 is 1.17 bits per heavy atom. The molecule has 0 saturated carbocycles. The van der Waals surface area contributed by atoms with Gasteiger partial charge < -0.3 is 5.32 Å². The van der Waals surface area contributed by atoms with Crippen molar-refractivity contribution in [1.29, 1.82) is 0 Å². The molecule has 0 bridgehead atoms. The molecule has 0 aliphatic rings. The fraction of sp³-hybridized carbons (Fsp3) is 0.500. The molecule has 5 nitrogen and oxygen atoms in total. The molecule has 0 saturated heterocycles. The molecule has 18 heavy (non-hydrogen) atoms. The van der Waals surface area contributed by atoms with Gasteiger partial charge >= 0.3 is 0 Å². The van der Waals surface area contributed by atoms with Crippen LogP contribution in [-0.2, 0) is 10.2 Å². The molecule has 1 atom stereocenters. The third-order valence-electron chi connectivity index (χ3n) is 2.46. The Balaban J connectivity index is 2.85. The van der Waals surface area contributed by atoms with Crippen LogP contribution in [0.5, 0.6) is 0 Å². The van der Waals surface area contributed by atoms with Gasteiger partial charge in [0.15, 0.2) is 0 Å². The van der Waals surface area contributed by atoms with Crippen LogP contribution < -0.4 is 14.8 Å². The van der Waals surface area contributed by atoms with Gasteiger partial charge in [0.25, 0.3) is 10.2 Å². The SMILES string of the molecule is CNC(C)c1cccc(NS(=O)(=O)NC(C)C)c1. The van der Waals surface area contributed by atoms with Crippen LogP contribution >= 0.6 is 0 Å². The highest BCUT2D eigenvalue weighted by Gasteiger charge is 2.12. The topological polar surface area (TPSA) is 70.2 Å². The summed E-state index contributed by atoms with van der Waals surface area (Å²) in [5.74, 6) is 0. The summed E-state index contributed by atoms with van der Waals surface area (Å²) >= 11 is 0. The van der Waals surface area contributed by atoms with Crippen molar-refractivity contribution in [3.8, 4) is 0 Å². The van der Waals surface area contributed by atoms with Gasteiger partial charge in [-0.05, 0) is 45.5 Å². The molecule has 6 heteroatoms. The Morgan fingerprint density at radius 2 is 1.83 bits per heavy atom. The predicted octanol–water partition coefficient (Wildman–Crippen LogP) is 1.62. The molecule has 0 aromatic heterocycles. The van der Waals surface area contributed by atoms with Gasteiger partial charge in [-0.1, -0.05) is 12.1 Å². The summed E-state index contributed by atoms with van der Waals surface area (Å²) in [5, 5.41) is 3.11. The summed E-state index contributed by atoms with van der Waals surface area (Å²) in [7, 11) is -1.64. The second-order valence-corrected chi connectivity index (χ2v) is 5.96. The molecule has 1 aromatic carbocycles. The molecule has 0 aliphatic carbocycles. The summed E-state index contributed by atoms with van der Waals surface area (Å²) < 4.78 is 28.4. The third kappa shape index (κ3) is 4.64. The average molecular weight is 271 g/mol. The minimum Gasteiger partial charge on any atom is -0.313 e. The lowest BCUT2D eigenvalue weighted by Gasteiger charge is -2.14. The quantitative estimate of drug-likeness (QED) is 0.736. The van der Waals surface area contributed by atoms with Crippen molar-refractivity contribution < 1.29 is 8.42 Å². The number of anilines is 1. The maximum absolute atomic E-state index is 11.7. The zero-order valence-corrected chi connectivity index (χ0v) is 12.0. The van der Waals surface area contributed by atoms with E-state index in [9.17, 15) is 8.42 Å². The van der Waals surface area contributed by atoms with Crippen molar-refractivity contribution in [1.82, 2.24) is 10.0 Å². The van der Waals surface area contributed by atoms with E-state index < -0.39 is 10.2 Å². The molecular formula is C12H21N3O2S. The second kappa shape index (κ2) is 6.17. The molecule has 1 unspecified atom stereocenters. The van der Waals surface area contributed by atoms with Crippen LogP contribution in [0.25, 0.3) is 0 Å². The van der Waals surface area contributed by atoms with Gasteiger partial charge in [-0.25, -0.2) is 0 Å². The van der Waals surface area contributed by atoms with Gasteiger partial charge in [0.1, 0.15) is 0 Å². The summed E-state index contributed by atoms with van der Waals surface area (Å²) in [6, 6.07) is 7.37.